The van der Waals surface area contributed by atoms with Crippen molar-refractivity contribution in [1.29, 1.82) is 0 Å². The van der Waals surface area contributed by atoms with Gasteiger partial charge in [0.1, 0.15) is 0 Å². The summed E-state index contributed by atoms with van der Waals surface area (Å²) in [5, 5.41) is 6.63. The molecule has 2 heterocycles. The van der Waals surface area contributed by atoms with Crippen molar-refractivity contribution in [3.8, 4) is 0 Å². The maximum Gasteiger partial charge on any atom is 0.219 e. The van der Waals surface area contributed by atoms with Crippen molar-refractivity contribution in [3.05, 3.63) is 23.7 Å². The zero-order valence-electron chi connectivity index (χ0n) is 11.9. The molecule has 20 heavy (non-hydrogen) atoms. The fraction of sp³-hybridized carbons (Fsp3) is 0.500. The van der Waals surface area contributed by atoms with Crippen LogP contribution in [-0.2, 0) is 4.79 Å². The van der Waals surface area contributed by atoms with Gasteiger partial charge in [-0.1, -0.05) is 0 Å². The highest BCUT2D eigenvalue weighted by Gasteiger charge is 2.22. The number of aldehydes is 1. The number of carbonyl (C=O) groups is 2. The Balaban J connectivity index is 1.91. The van der Waals surface area contributed by atoms with E-state index in [9.17, 15) is 9.59 Å². The molecule has 0 saturated carbocycles. The summed E-state index contributed by atoms with van der Waals surface area (Å²) in [4.78, 5) is 26.1. The summed E-state index contributed by atoms with van der Waals surface area (Å²) in [6.45, 7) is 3.23. The van der Waals surface area contributed by atoms with Gasteiger partial charge in [0.05, 0.1) is 17.5 Å². The summed E-state index contributed by atoms with van der Waals surface area (Å²) in [6.07, 6.45) is 8.03. The topological polar surface area (TPSA) is 69.3 Å². The lowest BCUT2D eigenvalue weighted by molar-refractivity contribution is -0.130. The first-order chi connectivity index (χ1) is 9.61. The molecule has 0 aliphatic carbocycles. The number of piperidine rings is 1. The van der Waals surface area contributed by atoms with Gasteiger partial charge in [0.25, 0.3) is 0 Å². The van der Waals surface area contributed by atoms with Gasteiger partial charge in [0, 0.05) is 39.3 Å². The Morgan fingerprint density at radius 2 is 2.20 bits per heavy atom. The Labute approximate surface area is 118 Å². The van der Waals surface area contributed by atoms with Crippen LogP contribution in [-0.4, -0.2) is 58.4 Å². The number of aromatic amines is 1. The van der Waals surface area contributed by atoms with Crippen LogP contribution in [0.4, 0.5) is 0 Å². The van der Waals surface area contributed by atoms with Crippen molar-refractivity contribution in [2.75, 3.05) is 20.1 Å². The first-order valence-electron chi connectivity index (χ1n) is 6.76. The van der Waals surface area contributed by atoms with E-state index in [1.807, 2.05) is 24.2 Å². The van der Waals surface area contributed by atoms with Gasteiger partial charge in [-0.3, -0.25) is 14.7 Å². The van der Waals surface area contributed by atoms with Gasteiger partial charge in [-0.2, -0.15) is 5.10 Å². The van der Waals surface area contributed by atoms with Gasteiger partial charge in [-0.25, -0.2) is 0 Å². The Kier molecular flexibility index (Phi) is 4.55. The van der Waals surface area contributed by atoms with Gasteiger partial charge >= 0.3 is 0 Å². The third-order valence-corrected chi connectivity index (χ3v) is 3.79. The van der Waals surface area contributed by atoms with Gasteiger partial charge in [-0.05, 0) is 18.9 Å². The molecule has 1 aromatic rings. The molecule has 0 aromatic carbocycles. The molecular weight excluding hydrogens is 256 g/mol. The zero-order chi connectivity index (χ0) is 14.5. The van der Waals surface area contributed by atoms with E-state index in [-0.39, 0.29) is 5.91 Å². The molecule has 6 nitrogen and oxygen atoms in total. The SMILES string of the molecule is CC(=O)N1CCC(N(C)/C=C\c2[nH]ncc2C=O)CC1. The monoisotopic (exact) mass is 276 g/mol. The Morgan fingerprint density at radius 1 is 1.50 bits per heavy atom. The third kappa shape index (κ3) is 3.26. The van der Waals surface area contributed by atoms with Crippen molar-refractivity contribution in [2.24, 2.45) is 0 Å². The molecule has 1 fully saturated rings. The average Bonchev–Trinajstić information content (AvgIpc) is 2.92. The van der Waals surface area contributed by atoms with Crippen LogP contribution in [0.15, 0.2) is 12.4 Å². The molecule has 1 N–H and O–H groups in total. The number of hydrogen-bond acceptors (Lipinski definition) is 4. The van der Waals surface area contributed by atoms with Gasteiger partial charge in [0.15, 0.2) is 6.29 Å². The number of amides is 1. The van der Waals surface area contributed by atoms with Crippen molar-refractivity contribution < 1.29 is 9.59 Å². The average molecular weight is 276 g/mol. The minimum atomic E-state index is 0.148. The minimum absolute atomic E-state index is 0.148. The van der Waals surface area contributed by atoms with Gasteiger partial charge in [-0.15, -0.1) is 0 Å². The summed E-state index contributed by atoms with van der Waals surface area (Å²) in [5.41, 5.74) is 1.27. The molecule has 1 aliphatic rings. The lowest BCUT2D eigenvalue weighted by Crippen LogP contribution is -2.43. The summed E-state index contributed by atoms with van der Waals surface area (Å²) < 4.78 is 0. The van der Waals surface area contributed by atoms with E-state index in [1.54, 1.807) is 6.92 Å². The van der Waals surface area contributed by atoms with Crippen molar-refractivity contribution in [1.82, 2.24) is 20.0 Å². The zero-order valence-corrected chi connectivity index (χ0v) is 11.9. The van der Waals surface area contributed by atoms with Crippen molar-refractivity contribution >= 4 is 18.3 Å². The van der Waals surface area contributed by atoms with Crippen LogP contribution >= 0.6 is 0 Å². The van der Waals surface area contributed by atoms with E-state index < -0.39 is 0 Å². The van der Waals surface area contributed by atoms with E-state index in [0.29, 0.717) is 17.3 Å². The molecule has 0 bridgehead atoms. The highest BCUT2D eigenvalue weighted by atomic mass is 16.2. The molecule has 1 aliphatic heterocycles. The smallest absolute Gasteiger partial charge is 0.219 e. The molecular formula is C14H20N4O2. The first kappa shape index (κ1) is 14.3. The van der Waals surface area contributed by atoms with Crippen molar-refractivity contribution in [2.45, 2.75) is 25.8 Å². The summed E-state index contributed by atoms with van der Waals surface area (Å²) in [5.74, 6) is 0.148. The van der Waals surface area contributed by atoms with E-state index in [4.69, 9.17) is 0 Å². The number of rotatable bonds is 4. The molecule has 1 aromatic heterocycles. The second kappa shape index (κ2) is 6.36. The van der Waals surface area contributed by atoms with Crippen molar-refractivity contribution in [3.63, 3.8) is 0 Å². The fourth-order valence-corrected chi connectivity index (χ4v) is 2.43. The van der Waals surface area contributed by atoms with Crippen LogP contribution < -0.4 is 0 Å². The van der Waals surface area contributed by atoms with E-state index >= 15 is 0 Å². The van der Waals surface area contributed by atoms with Crippen LogP contribution in [0, 0.1) is 0 Å². The first-order valence-corrected chi connectivity index (χ1v) is 6.76. The Bertz CT molecular complexity index is 501. The molecule has 0 unspecified atom stereocenters. The number of carbonyl (C=O) groups excluding carboxylic acids is 2. The lowest BCUT2D eigenvalue weighted by atomic mass is 10.0. The summed E-state index contributed by atoms with van der Waals surface area (Å²) >= 11 is 0. The van der Waals surface area contributed by atoms with Crippen LogP contribution in [0.3, 0.4) is 0 Å². The predicted molar refractivity (Wildman–Crippen MR) is 76.0 cm³/mol. The maximum absolute atomic E-state index is 11.3. The fourth-order valence-electron chi connectivity index (χ4n) is 2.43. The minimum Gasteiger partial charge on any atom is -0.377 e. The van der Waals surface area contributed by atoms with Crippen LogP contribution in [0.25, 0.3) is 6.08 Å². The molecule has 1 saturated heterocycles. The number of nitrogens with one attached hydrogen (secondary N) is 1. The maximum atomic E-state index is 11.3. The Morgan fingerprint density at radius 3 is 2.80 bits per heavy atom. The predicted octanol–water partition coefficient (Wildman–Crippen LogP) is 1.14. The standard InChI is InChI=1S/C14H20N4O2/c1-11(20)18-7-3-13(4-8-18)17(2)6-5-14-12(10-19)9-15-16-14/h5-6,9-10,13H,3-4,7-8H2,1-2H3,(H,15,16)/b6-5-. The molecule has 0 atom stereocenters. The highest BCUT2D eigenvalue weighted by Crippen LogP contribution is 2.16. The lowest BCUT2D eigenvalue weighted by Gasteiger charge is -2.35. The van der Waals surface area contributed by atoms with Crippen LogP contribution in [0.2, 0.25) is 0 Å². The third-order valence-electron chi connectivity index (χ3n) is 3.79. The molecule has 108 valence electrons. The number of nitrogens with zero attached hydrogens (tertiary/aromatic N) is 3. The number of H-pyrrole nitrogens is 1. The van der Waals surface area contributed by atoms with Gasteiger partial charge < -0.3 is 9.80 Å². The van der Waals surface area contributed by atoms with Crippen LogP contribution in [0.5, 0.6) is 0 Å². The molecule has 2 rings (SSSR count). The van der Waals surface area contributed by atoms with E-state index in [2.05, 4.69) is 15.1 Å². The number of aromatic nitrogens is 2. The number of hydrogen-bond donors (Lipinski definition) is 1. The highest BCUT2D eigenvalue weighted by molar-refractivity contribution is 5.79. The van der Waals surface area contributed by atoms with E-state index in [0.717, 1.165) is 32.2 Å². The summed E-state index contributed by atoms with van der Waals surface area (Å²) in [7, 11) is 2.02. The normalized spacial score (nSPS) is 16.6. The Hall–Kier alpha value is -2.11. The largest absolute Gasteiger partial charge is 0.377 e. The quantitative estimate of drug-likeness (QED) is 0.837. The molecule has 0 radical (unpaired) electrons. The summed E-state index contributed by atoms with van der Waals surface area (Å²) in [6, 6.07) is 0.421. The molecule has 0 spiro atoms. The molecule has 6 heteroatoms. The second-order valence-corrected chi connectivity index (χ2v) is 5.08. The van der Waals surface area contributed by atoms with E-state index in [1.165, 1.54) is 6.20 Å². The molecule has 1 amide bonds. The number of likely N-dealkylation sites (tertiary alicyclic amines) is 1. The van der Waals surface area contributed by atoms with Crippen LogP contribution in [0.1, 0.15) is 35.8 Å². The van der Waals surface area contributed by atoms with Gasteiger partial charge in [0.2, 0.25) is 5.91 Å². The second-order valence-electron chi connectivity index (χ2n) is 5.08.